The van der Waals surface area contributed by atoms with Crippen LogP contribution in [0.15, 0.2) is 29.3 Å². The molecule has 1 atom stereocenters. The van der Waals surface area contributed by atoms with Gasteiger partial charge in [0.25, 0.3) is 0 Å². The molecular formula is C17H24ClN3O2. The molecule has 1 unspecified atom stereocenters. The number of halogens is 1. The van der Waals surface area contributed by atoms with Gasteiger partial charge in [0.2, 0.25) is 0 Å². The van der Waals surface area contributed by atoms with Crippen LogP contribution in [-0.4, -0.2) is 43.6 Å². The zero-order valence-electron chi connectivity index (χ0n) is 13.7. The molecular weight excluding hydrogens is 314 g/mol. The topological polar surface area (TPSA) is 53.9 Å². The summed E-state index contributed by atoms with van der Waals surface area (Å²) < 4.78 is 5.14. The Morgan fingerprint density at radius 3 is 2.96 bits per heavy atom. The SMILES string of the molecule is CCOC(=O)C1CCCN(C(=NC)NCc2ccccc2Cl)C1. The van der Waals surface area contributed by atoms with Crippen molar-refractivity contribution in [2.45, 2.75) is 26.3 Å². The van der Waals surface area contributed by atoms with Crippen LogP contribution < -0.4 is 5.32 Å². The van der Waals surface area contributed by atoms with Crippen molar-refractivity contribution in [3.8, 4) is 0 Å². The second-order valence-corrected chi connectivity index (χ2v) is 5.94. The van der Waals surface area contributed by atoms with Crippen molar-refractivity contribution in [3.05, 3.63) is 34.9 Å². The zero-order chi connectivity index (χ0) is 16.7. The number of benzene rings is 1. The number of carbonyl (C=O) groups excluding carboxylic acids is 1. The van der Waals surface area contributed by atoms with Gasteiger partial charge < -0.3 is 15.0 Å². The van der Waals surface area contributed by atoms with E-state index in [0.717, 1.165) is 35.9 Å². The maximum Gasteiger partial charge on any atom is 0.310 e. The third kappa shape index (κ3) is 4.86. The van der Waals surface area contributed by atoms with E-state index in [2.05, 4.69) is 15.2 Å². The molecule has 1 aliphatic heterocycles. The highest BCUT2D eigenvalue weighted by Gasteiger charge is 2.28. The van der Waals surface area contributed by atoms with Crippen molar-refractivity contribution in [2.24, 2.45) is 10.9 Å². The number of piperidine rings is 1. The third-order valence-electron chi connectivity index (χ3n) is 3.95. The van der Waals surface area contributed by atoms with Crippen molar-refractivity contribution < 1.29 is 9.53 Å². The summed E-state index contributed by atoms with van der Waals surface area (Å²) in [4.78, 5) is 18.4. The predicted octanol–water partition coefficient (Wildman–Crippen LogP) is 2.69. The Morgan fingerprint density at radius 2 is 2.26 bits per heavy atom. The second-order valence-electron chi connectivity index (χ2n) is 5.53. The fourth-order valence-electron chi connectivity index (χ4n) is 2.77. The molecule has 0 radical (unpaired) electrons. The molecule has 1 N–H and O–H groups in total. The van der Waals surface area contributed by atoms with Crippen LogP contribution in [0.3, 0.4) is 0 Å². The van der Waals surface area contributed by atoms with E-state index in [4.69, 9.17) is 16.3 Å². The molecule has 1 heterocycles. The van der Waals surface area contributed by atoms with Crippen molar-refractivity contribution in [1.29, 1.82) is 0 Å². The molecule has 0 amide bonds. The third-order valence-corrected chi connectivity index (χ3v) is 4.32. The number of carbonyl (C=O) groups is 1. The zero-order valence-corrected chi connectivity index (χ0v) is 14.5. The first-order valence-electron chi connectivity index (χ1n) is 8.01. The van der Waals surface area contributed by atoms with Crippen LogP contribution in [0.5, 0.6) is 0 Å². The average Bonchev–Trinajstić information content (AvgIpc) is 2.57. The summed E-state index contributed by atoms with van der Waals surface area (Å²) in [5.41, 5.74) is 1.02. The van der Waals surface area contributed by atoms with E-state index in [1.54, 1.807) is 7.05 Å². The van der Waals surface area contributed by atoms with Gasteiger partial charge >= 0.3 is 5.97 Å². The largest absolute Gasteiger partial charge is 0.466 e. The van der Waals surface area contributed by atoms with Crippen LogP contribution in [0.1, 0.15) is 25.3 Å². The first kappa shape index (κ1) is 17.6. The molecule has 23 heavy (non-hydrogen) atoms. The first-order valence-corrected chi connectivity index (χ1v) is 8.39. The lowest BCUT2D eigenvalue weighted by molar-refractivity contribution is -0.149. The molecule has 1 aliphatic rings. The Morgan fingerprint density at radius 1 is 1.48 bits per heavy atom. The highest BCUT2D eigenvalue weighted by atomic mass is 35.5. The summed E-state index contributed by atoms with van der Waals surface area (Å²) in [5, 5.41) is 4.06. The molecule has 2 rings (SSSR count). The molecule has 126 valence electrons. The number of guanidine groups is 1. The minimum absolute atomic E-state index is 0.0810. The van der Waals surface area contributed by atoms with Crippen molar-refractivity contribution in [3.63, 3.8) is 0 Å². The molecule has 0 aliphatic carbocycles. The summed E-state index contributed by atoms with van der Waals surface area (Å²) in [6, 6.07) is 7.73. The van der Waals surface area contributed by atoms with E-state index in [0.29, 0.717) is 19.7 Å². The van der Waals surface area contributed by atoms with Gasteiger partial charge in [0.1, 0.15) is 0 Å². The molecule has 1 aromatic carbocycles. The smallest absolute Gasteiger partial charge is 0.310 e. The number of nitrogens with one attached hydrogen (secondary N) is 1. The highest BCUT2D eigenvalue weighted by Crippen LogP contribution is 2.19. The van der Waals surface area contributed by atoms with E-state index in [9.17, 15) is 4.79 Å². The Labute approximate surface area is 142 Å². The lowest BCUT2D eigenvalue weighted by atomic mass is 9.98. The average molecular weight is 338 g/mol. The van der Waals surface area contributed by atoms with E-state index >= 15 is 0 Å². The summed E-state index contributed by atoms with van der Waals surface area (Å²) in [7, 11) is 1.75. The van der Waals surface area contributed by atoms with Crippen molar-refractivity contribution in [1.82, 2.24) is 10.2 Å². The second kappa shape index (κ2) is 8.77. The van der Waals surface area contributed by atoms with Gasteiger partial charge in [0.15, 0.2) is 5.96 Å². The molecule has 0 bridgehead atoms. The van der Waals surface area contributed by atoms with Gasteiger partial charge in [-0.15, -0.1) is 0 Å². The van der Waals surface area contributed by atoms with Gasteiger partial charge in [-0.2, -0.15) is 0 Å². The van der Waals surface area contributed by atoms with Crippen LogP contribution in [0.25, 0.3) is 0 Å². The highest BCUT2D eigenvalue weighted by molar-refractivity contribution is 6.31. The number of esters is 1. The number of ether oxygens (including phenoxy) is 1. The number of nitrogens with zero attached hydrogens (tertiary/aromatic N) is 2. The monoisotopic (exact) mass is 337 g/mol. The van der Waals surface area contributed by atoms with Crippen LogP contribution in [0.2, 0.25) is 5.02 Å². The quantitative estimate of drug-likeness (QED) is 0.521. The van der Waals surface area contributed by atoms with E-state index < -0.39 is 0 Å². The van der Waals surface area contributed by atoms with Crippen LogP contribution >= 0.6 is 11.6 Å². The molecule has 6 heteroatoms. The summed E-state index contributed by atoms with van der Waals surface area (Å²) >= 11 is 6.18. The first-order chi connectivity index (χ1) is 11.2. The van der Waals surface area contributed by atoms with Crippen LogP contribution in [-0.2, 0) is 16.1 Å². The van der Waals surface area contributed by atoms with E-state index in [-0.39, 0.29) is 11.9 Å². The van der Waals surface area contributed by atoms with Crippen molar-refractivity contribution in [2.75, 3.05) is 26.7 Å². The molecule has 0 spiro atoms. The Bertz CT molecular complexity index is 563. The van der Waals surface area contributed by atoms with Gasteiger partial charge in [0, 0.05) is 31.7 Å². The molecule has 5 nitrogen and oxygen atoms in total. The number of aliphatic imine (C=N–C) groups is 1. The number of hydrogen-bond acceptors (Lipinski definition) is 3. The normalized spacial score (nSPS) is 18.7. The molecule has 1 aromatic rings. The van der Waals surface area contributed by atoms with Gasteiger partial charge in [0.05, 0.1) is 12.5 Å². The maximum atomic E-state index is 12.0. The van der Waals surface area contributed by atoms with Gasteiger partial charge in [-0.25, -0.2) is 0 Å². The Hall–Kier alpha value is -1.75. The predicted molar refractivity (Wildman–Crippen MR) is 92.6 cm³/mol. The summed E-state index contributed by atoms with van der Waals surface area (Å²) in [6.07, 6.45) is 1.83. The molecule has 1 saturated heterocycles. The molecule has 0 saturated carbocycles. The lowest BCUT2D eigenvalue weighted by Crippen LogP contribution is -2.48. The Balaban J connectivity index is 1.95. The summed E-state index contributed by atoms with van der Waals surface area (Å²) in [6.45, 7) is 4.39. The fraction of sp³-hybridized carbons (Fsp3) is 0.529. The van der Waals surface area contributed by atoms with Gasteiger partial charge in [-0.05, 0) is 31.4 Å². The number of hydrogen-bond donors (Lipinski definition) is 1. The minimum atomic E-state index is -0.112. The molecule has 1 fully saturated rings. The van der Waals surface area contributed by atoms with E-state index in [1.807, 2.05) is 31.2 Å². The van der Waals surface area contributed by atoms with E-state index in [1.165, 1.54) is 0 Å². The Kier molecular flexibility index (Phi) is 6.71. The van der Waals surface area contributed by atoms with Gasteiger partial charge in [-0.3, -0.25) is 9.79 Å². The fourth-order valence-corrected chi connectivity index (χ4v) is 2.97. The number of likely N-dealkylation sites (tertiary alicyclic amines) is 1. The van der Waals surface area contributed by atoms with Gasteiger partial charge in [-0.1, -0.05) is 29.8 Å². The summed E-state index contributed by atoms with van der Waals surface area (Å²) in [5.74, 6) is 0.597. The van der Waals surface area contributed by atoms with Crippen LogP contribution in [0, 0.1) is 5.92 Å². The minimum Gasteiger partial charge on any atom is -0.466 e. The number of rotatable bonds is 4. The lowest BCUT2D eigenvalue weighted by Gasteiger charge is -2.34. The molecule has 0 aromatic heterocycles. The van der Waals surface area contributed by atoms with Crippen molar-refractivity contribution >= 4 is 23.5 Å². The van der Waals surface area contributed by atoms with Crippen LogP contribution in [0.4, 0.5) is 0 Å². The standard InChI is InChI=1S/C17H24ClN3O2/c1-3-23-16(22)14-8-6-10-21(12-14)17(19-2)20-11-13-7-4-5-9-15(13)18/h4-5,7,9,14H,3,6,8,10-12H2,1-2H3,(H,19,20). The maximum absolute atomic E-state index is 12.0.